The van der Waals surface area contributed by atoms with Crippen LogP contribution in [0.2, 0.25) is 0 Å². The van der Waals surface area contributed by atoms with Crippen LogP contribution in [0.15, 0.2) is 42.0 Å². The summed E-state index contributed by atoms with van der Waals surface area (Å²) < 4.78 is 1.89. The van der Waals surface area contributed by atoms with Crippen LogP contribution in [0.3, 0.4) is 0 Å². The molecule has 1 aliphatic rings. The lowest BCUT2D eigenvalue weighted by Gasteiger charge is -2.17. The molecule has 2 aromatic heterocycles. The van der Waals surface area contributed by atoms with E-state index in [-0.39, 0.29) is 24.0 Å². The number of rotatable bonds is 5. The third-order valence-electron chi connectivity index (χ3n) is 4.32. The lowest BCUT2D eigenvalue weighted by Crippen LogP contribution is -2.42. The van der Waals surface area contributed by atoms with E-state index in [1.54, 1.807) is 12.5 Å². The monoisotopic (exact) mass is 472 g/mol. The zero-order valence-corrected chi connectivity index (χ0v) is 17.7. The van der Waals surface area contributed by atoms with Gasteiger partial charge in [0, 0.05) is 43.5 Å². The number of nitrogens with zero attached hydrogens (tertiary/aromatic N) is 4. The smallest absolute Gasteiger partial charge is 0.191 e. The highest BCUT2D eigenvalue weighted by Gasteiger charge is 2.24. The van der Waals surface area contributed by atoms with Crippen molar-refractivity contribution in [2.24, 2.45) is 4.99 Å². The molecule has 8 heteroatoms. The molecule has 0 saturated heterocycles. The van der Waals surface area contributed by atoms with E-state index in [1.165, 1.54) is 19.3 Å². The third kappa shape index (κ3) is 5.60. The van der Waals surface area contributed by atoms with Crippen molar-refractivity contribution in [3.8, 4) is 5.82 Å². The van der Waals surface area contributed by atoms with Crippen LogP contribution in [0.25, 0.3) is 5.82 Å². The standard InChI is InChI=1S/C17H24N6S.HI/c1-18-17(22-14-4-5-15(9-14)24-2)21-11-13-3-6-16(20-10-13)23-8-7-19-12-23;/h3,6-8,10,12,14-15H,4-5,9,11H2,1-2H3,(H2,18,21,22);1H. The average Bonchev–Trinajstić information content (AvgIpc) is 3.30. The highest BCUT2D eigenvalue weighted by Crippen LogP contribution is 2.27. The van der Waals surface area contributed by atoms with E-state index in [2.05, 4.69) is 37.9 Å². The van der Waals surface area contributed by atoms with E-state index in [4.69, 9.17) is 0 Å². The Labute approximate surface area is 170 Å². The Morgan fingerprint density at radius 3 is 2.88 bits per heavy atom. The Morgan fingerprint density at radius 1 is 1.40 bits per heavy atom. The summed E-state index contributed by atoms with van der Waals surface area (Å²) in [5.41, 5.74) is 1.12. The van der Waals surface area contributed by atoms with Crippen LogP contribution >= 0.6 is 35.7 Å². The maximum atomic E-state index is 4.47. The molecule has 2 heterocycles. The van der Waals surface area contributed by atoms with Crippen LogP contribution < -0.4 is 10.6 Å². The molecule has 1 fully saturated rings. The van der Waals surface area contributed by atoms with E-state index in [1.807, 2.05) is 41.8 Å². The third-order valence-corrected chi connectivity index (χ3v) is 5.42. The number of hydrogen-bond donors (Lipinski definition) is 2. The van der Waals surface area contributed by atoms with Crippen LogP contribution in [0, 0.1) is 0 Å². The number of nitrogens with one attached hydrogen (secondary N) is 2. The summed E-state index contributed by atoms with van der Waals surface area (Å²) in [4.78, 5) is 12.8. The molecule has 0 amide bonds. The van der Waals surface area contributed by atoms with Gasteiger partial charge < -0.3 is 10.6 Å². The minimum atomic E-state index is 0. The average molecular weight is 472 g/mol. The Morgan fingerprint density at radius 2 is 2.28 bits per heavy atom. The summed E-state index contributed by atoms with van der Waals surface area (Å²) in [6.45, 7) is 0.704. The number of aromatic nitrogens is 3. The largest absolute Gasteiger partial charge is 0.354 e. The van der Waals surface area contributed by atoms with Crippen molar-refractivity contribution in [2.75, 3.05) is 13.3 Å². The molecule has 136 valence electrons. The van der Waals surface area contributed by atoms with Gasteiger partial charge in [-0.25, -0.2) is 9.97 Å². The fourth-order valence-electron chi connectivity index (χ4n) is 2.93. The number of hydrogen-bond acceptors (Lipinski definition) is 4. The minimum absolute atomic E-state index is 0. The maximum absolute atomic E-state index is 4.47. The minimum Gasteiger partial charge on any atom is -0.354 e. The van der Waals surface area contributed by atoms with Crippen molar-refractivity contribution in [3.05, 3.63) is 42.6 Å². The first-order chi connectivity index (χ1) is 11.8. The maximum Gasteiger partial charge on any atom is 0.191 e. The van der Waals surface area contributed by atoms with Crippen LogP contribution in [-0.4, -0.2) is 45.1 Å². The van der Waals surface area contributed by atoms with Gasteiger partial charge in [0.2, 0.25) is 0 Å². The second-order valence-electron chi connectivity index (χ2n) is 5.93. The fraction of sp³-hybridized carbons (Fsp3) is 0.471. The topological polar surface area (TPSA) is 67.1 Å². The van der Waals surface area contributed by atoms with Crippen LogP contribution in [0.4, 0.5) is 0 Å². The van der Waals surface area contributed by atoms with Crippen LogP contribution in [-0.2, 0) is 6.54 Å². The molecular weight excluding hydrogens is 447 g/mol. The summed E-state index contributed by atoms with van der Waals surface area (Å²) >= 11 is 1.97. The molecule has 1 saturated carbocycles. The summed E-state index contributed by atoms with van der Waals surface area (Å²) in [5.74, 6) is 1.73. The first kappa shape index (κ1) is 20.0. The van der Waals surface area contributed by atoms with Crippen molar-refractivity contribution in [2.45, 2.75) is 37.1 Å². The predicted octanol–water partition coefficient (Wildman–Crippen LogP) is 2.83. The van der Waals surface area contributed by atoms with Crippen molar-refractivity contribution < 1.29 is 0 Å². The van der Waals surface area contributed by atoms with E-state index in [9.17, 15) is 0 Å². The summed E-state index contributed by atoms with van der Waals surface area (Å²) in [6, 6.07) is 4.59. The van der Waals surface area contributed by atoms with Gasteiger partial charge in [-0.15, -0.1) is 24.0 Å². The quantitative estimate of drug-likeness (QED) is 0.398. The predicted molar refractivity (Wildman–Crippen MR) is 115 cm³/mol. The SMILES string of the molecule is CN=C(NCc1ccc(-n2ccnc2)nc1)NC1CCC(SC)C1.I. The van der Waals surface area contributed by atoms with Crippen molar-refractivity contribution in [3.63, 3.8) is 0 Å². The molecule has 0 aromatic carbocycles. The van der Waals surface area contributed by atoms with Crippen molar-refractivity contribution in [1.82, 2.24) is 25.2 Å². The van der Waals surface area contributed by atoms with Gasteiger partial charge in [0.15, 0.2) is 5.96 Å². The van der Waals surface area contributed by atoms with Gasteiger partial charge in [0.25, 0.3) is 0 Å². The molecule has 2 unspecified atom stereocenters. The molecule has 25 heavy (non-hydrogen) atoms. The Hall–Kier alpha value is -1.29. The first-order valence-corrected chi connectivity index (χ1v) is 9.50. The van der Waals surface area contributed by atoms with Crippen molar-refractivity contribution in [1.29, 1.82) is 0 Å². The Bertz CT molecular complexity index is 658. The molecule has 0 aliphatic heterocycles. The highest BCUT2D eigenvalue weighted by molar-refractivity contribution is 14.0. The summed E-state index contributed by atoms with van der Waals surface area (Å²) in [7, 11) is 1.82. The molecule has 0 spiro atoms. The molecule has 2 atom stereocenters. The lowest BCUT2D eigenvalue weighted by molar-refractivity contribution is 0.614. The van der Waals surface area contributed by atoms with Gasteiger partial charge in [-0.2, -0.15) is 11.8 Å². The molecular formula is C17H25IN6S. The van der Waals surface area contributed by atoms with Crippen LogP contribution in [0.5, 0.6) is 0 Å². The lowest BCUT2D eigenvalue weighted by atomic mass is 10.2. The number of thioether (sulfide) groups is 1. The summed E-state index contributed by atoms with van der Waals surface area (Å²) in [5, 5.41) is 7.68. The fourth-order valence-corrected chi connectivity index (χ4v) is 3.72. The van der Waals surface area contributed by atoms with Gasteiger partial charge in [0.1, 0.15) is 12.1 Å². The number of guanidine groups is 1. The molecule has 2 aromatic rings. The molecule has 6 nitrogen and oxygen atoms in total. The van der Waals surface area contributed by atoms with Crippen molar-refractivity contribution >= 4 is 41.7 Å². The summed E-state index contributed by atoms with van der Waals surface area (Å²) in [6.07, 6.45) is 13.2. The van der Waals surface area contributed by atoms with E-state index < -0.39 is 0 Å². The molecule has 2 N–H and O–H groups in total. The molecule has 0 radical (unpaired) electrons. The van der Waals surface area contributed by atoms with E-state index in [0.29, 0.717) is 12.6 Å². The van der Waals surface area contributed by atoms with Gasteiger partial charge in [-0.1, -0.05) is 6.07 Å². The van der Waals surface area contributed by atoms with Gasteiger partial charge >= 0.3 is 0 Å². The van der Waals surface area contributed by atoms with Gasteiger partial charge in [-0.3, -0.25) is 9.56 Å². The molecule has 1 aliphatic carbocycles. The highest BCUT2D eigenvalue weighted by atomic mass is 127. The molecule has 0 bridgehead atoms. The normalized spacial score (nSPS) is 20.2. The van der Waals surface area contributed by atoms with Crippen LogP contribution in [0.1, 0.15) is 24.8 Å². The second kappa shape index (κ2) is 10.0. The number of halogens is 1. The van der Waals surface area contributed by atoms with E-state index >= 15 is 0 Å². The number of aliphatic imine (C=N–C) groups is 1. The van der Waals surface area contributed by atoms with Gasteiger partial charge in [-0.05, 0) is 37.1 Å². The molecule has 3 rings (SSSR count). The van der Waals surface area contributed by atoms with E-state index in [0.717, 1.165) is 22.6 Å². The second-order valence-corrected chi connectivity index (χ2v) is 7.07. The Balaban J connectivity index is 0.00000225. The zero-order chi connectivity index (χ0) is 16.8. The zero-order valence-electron chi connectivity index (χ0n) is 14.6. The number of pyridine rings is 1. The first-order valence-electron chi connectivity index (χ1n) is 8.21. The number of imidazole rings is 1. The van der Waals surface area contributed by atoms with Gasteiger partial charge in [0.05, 0.1) is 0 Å². The Kier molecular flexibility index (Phi) is 8.01.